The molecular formula is C21H26N2O5S. The molecule has 1 heterocycles. The van der Waals surface area contributed by atoms with E-state index in [0.29, 0.717) is 30.2 Å². The Balaban J connectivity index is 1.72. The van der Waals surface area contributed by atoms with Crippen LogP contribution in [0.5, 0.6) is 11.5 Å². The van der Waals surface area contributed by atoms with Crippen molar-refractivity contribution in [3.05, 3.63) is 54.1 Å². The van der Waals surface area contributed by atoms with Gasteiger partial charge in [0, 0.05) is 0 Å². The summed E-state index contributed by atoms with van der Waals surface area (Å²) in [5.41, 5.74) is 1.39. The molecule has 2 aromatic rings. The summed E-state index contributed by atoms with van der Waals surface area (Å²) in [6.07, 6.45) is 1.09. The molecule has 2 atom stereocenters. The zero-order valence-corrected chi connectivity index (χ0v) is 17.6. The van der Waals surface area contributed by atoms with Crippen LogP contribution in [0.1, 0.15) is 18.9 Å². The number of ether oxygens (including phenoxy) is 2. The molecule has 1 aliphatic rings. The number of benzene rings is 2. The highest BCUT2D eigenvalue weighted by molar-refractivity contribution is 7.92. The van der Waals surface area contributed by atoms with Gasteiger partial charge in [-0.1, -0.05) is 31.2 Å². The second-order valence-corrected chi connectivity index (χ2v) is 8.92. The van der Waals surface area contributed by atoms with Gasteiger partial charge in [0.15, 0.2) is 11.5 Å². The van der Waals surface area contributed by atoms with Crippen molar-refractivity contribution in [2.45, 2.75) is 32.4 Å². The molecule has 0 aromatic heterocycles. The van der Waals surface area contributed by atoms with Gasteiger partial charge in [0.25, 0.3) is 0 Å². The van der Waals surface area contributed by atoms with E-state index in [0.717, 1.165) is 11.8 Å². The van der Waals surface area contributed by atoms with Gasteiger partial charge in [-0.05, 0) is 43.2 Å². The molecule has 0 bridgehead atoms. The van der Waals surface area contributed by atoms with Gasteiger partial charge in [0.05, 0.1) is 18.5 Å². The Morgan fingerprint density at radius 2 is 1.93 bits per heavy atom. The zero-order chi connectivity index (χ0) is 21.0. The maximum absolute atomic E-state index is 12.9. The molecule has 7 nitrogen and oxygen atoms in total. The minimum Gasteiger partial charge on any atom is -0.486 e. The summed E-state index contributed by atoms with van der Waals surface area (Å²) in [5.74, 6) is 0.925. The lowest BCUT2D eigenvalue weighted by Crippen LogP contribution is -2.51. The summed E-state index contributed by atoms with van der Waals surface area (Å²) in [5, 5.41) is 2.82. The van der Waals surface area contributed by atoms with Crippen LogP contribution in [0.2, 0.25) is 0 Å². The molecule has 3 rings (SSSR count). The lowest BCUT2D eigenvalue weighted by Gasteiger charge is -2.31. The van der Waals surface area contributed by atoms with Crippen LogP contribution in [0.25, 0.3) is 0 Å². The smallest absolute Gasteiger partial charge is 0.244 e. The first-order valence-corrected chi connectivity index (χ1v) is 11.4. The van der Waals surface area contributed by atoms with Crippen molar-refractivity contribution in [1.82, 2.24) is 5.32 Å². The number of fused-ring (bicyclic) bond motifs is 1. The van der Waals surface area contributed by atoms with Gasteiger partial charge in [0.2, 0.25) is 15.9 Å². The molecule has 0 fully saturated rings. The molecule has 0 unspecified atom stereocenters. The van der Waals surface area contributed by atoms with Crippen molar-refractivity contribution in [3.8, 4) is 11.5 Å². The van der Waals surface area contributed by atoms with Crippen molar-refractivity contribution in [3.63, 3.8) is 0 Å². The van der Waals surface area contributed by atoms with Crippen molar-refractivity contribution in [1.29, 1.82) is 0 Å². The van der Waals surface area contributed by atoms with Crippen molar-refractivity contribution >= 4 is 21.6 Å². The third kappa shape index (κ3) is 5.00. The predicted molar refractivity (Wildman–Crippen MR) is 112 cm³/mol. The van der Waals surface area contributed by atoms with Gasteiger partial charge in [-0.15, -0.1) is 0 Å². The summed E-state index contributed by atoms with van der Waals surface area (Å²) in [6.45, 7) is 4.19. The van der Waals surface area contributed by atoms with E-state index in [1.54, 1.807) is 31.2 Å². The van der Waals surface area contributed by atoms with Gasteiger partial charge in [-0.3, -0.25) is 9.10 Å². The number of aryl methyl sites for hydroxylation is 1. The van der Waals surface area contributed by atoms with Crippen LogP contribution in [0.4, 0.5) is 5.69 Å². The second-order valence-electron chi connectivity index (χ2n) is 7.06. The van der Waals surface area contributed by atoms with E-state index in [-0.39, 0.29) is 18.6 Å². The summed E-state index contributed by atoms with van der Waals surface area (Å²) in [4.78, 5) is 12.9. The van der Waals surface area contributed by atoms with Crippen LogP contribution in [-0.4, -0.2) is 45.9 Å². The van der Waals surface area contributed by atoms with Crippen LogP contribution in [-0.2, 0) is 14.8 Å². The first-order valence-electron chi connectivity index (χ1n) is 9.52. The van der Waals surface area contributed by atoms with Crippen LogP contribution < -0.4 is 19.1 Å². The highest BCUT2D eigenvalue weighted by Crippen LogP contribution is 2.30. The van der Waals surface area contributed by atoms with Gasteiger partial charge in [-0.2, -0.15) is 0 Å². The highest BCUT2D eigenvalue weighted by atomic mass is 32.2. The fourth-order valence-electron chi connectivity index (χ4n) is 3.32. The van der Waals surface area contributed by atoms with E-state index in [4.69, 9.17) is 9.47 Å². The molecule has 0 saturated carbocycles. The summed E-state index contributed by atoms with van der Waals surface area (Å²) in [6, 6.07) is 13.6. The summed E-state index contributed by atoms with van der Waals surface area (Å²) < 4.78 is 37.7. The van der Waals surface area contributed by atoms with E-state index in [2.05, 4.69) is 5.32 Å². The SMILES string of the molecule is CC[C@H](C(=O)NC[C@H]1COc2ccccc2O1)N(c1cccc(C)c1)S(C)(=O)=O. The van der Waals surface area contributed by atoms with Crippen LogP contribution in [0, 0.1) is 6.92 Å². The number of hydrogen-bond acceptors (Lipinski definition) is 5. The number of para-hydroxylation sites is 2. The monoisotopic (exact) mass is 418 g/mol. The van der Waals surface area contributed by atoms with Gasteiger partial charge in [-0.25, -0.2) is 8.42 Å². The lowest BCUT2D eigenvalue weighted by atomic mass is 10.1. The third-order valence-corrected chi connectivity index (χ3v) is 5.84. The second kappa shape index (κ2) is 8.73. The normalized spacial score (nSPS) is 16.7. The highest BCUT2D eigenvalue weighted by Gasteiger charge is 2.32. The number of hydrogen-bond donors (Lipinski definition) is 1. The fourth-order valence-corrected chi connectivity index (χ4v) is 4.52. The lowest BCUT2D eigenvalue weighted by molar-refractivity contribution is -0.122. The largest absolute Gasteiger partial charge is 0.486 e. The Morgan fingerprint density at radius 3 is 2.59 bits per heavy atom. The number of nitrogens with zero attached hydrogens (tertiary/aromatic N) is 1. The van der Waals surface area contributed by atoms with Crippen molar-refractivity contribution in [2.24, 2.45) is 0 Å². The Morgan fingerprint density at radius 1 is 1.21 bits per heavy atom. The Bertz CT molecular complexity index is 977. The molecule has 2 aromatic carbocycles. The number of nitrogens with one attached hydrogen (secondary N) is 1. The van der Waals surface area contributed by atoms with Gasteiger partial charge in [0.1, 0.15) is 18.8 Å². The molecule has 0 radical (unpaired) electrons. The van der Waals surface area contributed by atoms with Gasteiger partial charge < -0.3 is 14.8 Å². The average molecular weight is 419 g/mol. The number of anilines is 1. The molecule has 1 amide bonds. The first-order chi connectivity index (χ1) is 13.8. The quantitative estimate of drug-likeness (QED) is 0.747. The summed E-state index contributed by atoms with van der Waals surface area (Å²) >= 11 is 0. The van der Waals surface area contributed by atoms with Crippen LogP contribution >= 0.6 is 0 Å². The molecule has 0 aliphatic carbocycles. The number of carbonyl (C=O) groups is 1. The topological polar surface area (TPSA) is 84.9 Å². The Hall–Kier alpha value is -2.74. The molecular weight excluding hydrogens is 392 g/mol. The number of carbonyl (C=O) groups excluding carboxylic acids is 1. The van der Waals surface area contributed by atoms with Gasteiger partial charge >= 0.3 is 0 Å². The van der Waals surface area contributed by atoms with Crippen LogP contribution in [0.15, 0.2) is 48.5 Å². The molecule has 29 heavy (non-hydrogen) atoms. The van der Waals surface area contributed by atoms with E-state index in [9.17, 15) is 13.2 Å². The minimum absolute atomic E-state index is 0.217. The minimum atomic E-state index is -3.66. The maximum atomic E-state index is 12.9. The zero-order valence-electron chi connectivity index (χ0n) is 16.8. The Kier molecular flexibility index (Phi) is 6.32. The van der Waals surface area contributed by atoms with Crippen molar-refractivity contribution < 1.29 is 22.7 Å². The summed E-state index contributed by atoms with van der Waals surface area (Å²) in [7, 11) is -3.66. The predicted octanol–water partition coefficient (Wildman–Crippen LogP) is 2.50. The molecule has 0 saturated heterocycles. The Labute approximate surface area is 171 Å². The number of sulfonamides is 1. The molecule has 0 spiro atoms. The average Bonchev–Trinajstić information content (AvgIpc) is 2.69. The van der Waals surface area contributed by atoms with Crippen molar-refractivity contribution in [2.75, 3.05) is 23.7 Å². The maximum Gasteiger partial charge on any atom is 0.244 e. The molecule has 8 heteroatoms. The molecule has 156 valence electrons. The van der Waals surface area contributed by atoms with E-state index in [1.807, 2.05) is 31.2 Å². The van der Waals surface area contributed by atoms with E-state index < -0.39 is 16.1 Å². The number of amides is 1. The van der Waals surface area contributed by atoms with Crippen LogP contribution in [0.3, 0.4) is 0 Å². The first kappa shape index (κ1) is 21.0. The number of rotatable bonds is 7. The molecule has 1 N–H and O–H groups in total. The van der Waals surface area contributed by atoms with E-state index >= 15 is 0 Å². The standard InChI is InChI=1S/C21H26N2O5S/c1-4-18(23(29(3,25)26)16-9-7-8-15(2)12-16)21(24)22-13-17-14-27-19-10-5-6-11-20(19)28-17/h5-12,17-18H,4,13-14H2,1-3H3,(H,22,24)/t17-,18+/m0/s1. The molecule has 1 aliphatic heterocycles. The fraction of sp³-hybridized carbons (Fsp3) is 0.381. The third-order valence-electron chi connectivity index (χ3n) is 4.66. The van der Waals surface area contributed by atoms with E-state index in [1.165, 1.54) is 4.31 Å².